The highest BCUT2D eigenvalue weighted by molar-refractivity contribution is 7.19. The second kappa shape index (κ2) is 4.41. The number of nitrogens with two attached hydrogens (primary N) is 1. The van der Waals surface area contributed by atoms with Gasteiger partial charge in [-0.1, -0.05) is 32.1 Å². The lowest BCUT2D eigenvalue weighted by Gasteiger charge is -1.99. The molecule has 5 heteroatoms. The smallest absolute Gasteiger partial charge is 0.225 e. The van der Waals surface area contributed by atoms with Crippen molar-refractivity contribution in [2.75, 3.05) is 11.1 Å². The van der Waals surface area contributed by atoms with Crippen LogP contribution in [0.2, 0.25) is 0 Å². The molecule has 0 saturated carbocycles. The van der Waals surface area contributed by atoms with Crippen LogP contribution < -0.4 is 11.1 Å². The highest BCUT2D eigenvalue weighted by Gasteiger charge is 2.12. The summed E-state index contributed by atoms with van der Waals surface area (Å²) in [4.78, 5) is 15.3. The molecule has 1 aromatic rings. The van der Waals surface area contributed by atoms with Crippen molar-refractivity contribution in [3.05, 3.63) is 5.69 Å². The second-order valence-electron chi connectivity index (χ2n) is 3.32. The molecule has 0 aliphatic rings. The summed E-state index contributed by atoms with van der Waals surface area (Å²) < 4.78 is 0. The zero-order chi connectivity index (χ0) is 10.7. The van der Waals surface area contributed by atoms with E-state index < -0.39 is 0 Å². The monoisotopic (exact) mass is 213 g/mol. The lowest BCUT2D eigenvalue weighted by atomic mass is 10.1. The Kier molecular flexibility index (Phi) is 3.46. The predicted octanol–water partition coefficient (Wildman–Crippen LogP) is 2.20. The average molecular weight is 213 g/mol. The minimum atomic E-state index is -0.0333. The first kappa shape index (κ1) is 11.0. The molecule has 0 unspecified atom stereocenters. The molecule has 1 amide bonds. The molecule has 4 nitrogen and oxygen atoms in total. The predicted molar refractivity (Wildman–Crippen MR) is 59.5 cm³/mol. The quantitative estimate of drug-likeness (QED) is 0.808. The van der Waals surface area contributed by atoms with E-state index in [1.165, 1.54) is 11.3 Å². The van der Waals surface area contributed by atoms with Crippen molar-refractivity contribution >= 4 is 27.4 Å². The van der Waals surface area contributed by atoms with Crippen LogP contribution in [0.5, 0.6) is 0 Å². The number of carbonyl (C=O) groups excluding carboxylic acids is 1. The summed E-state index contributed by atoms with van der Waals surface area (Å²) in [7, 11) is 0. The van der Waals surface area contributed by atoms with Gasteiger partial charge in [0.25, 0.3) is 0 Å². The van der Waals surface area contributed by atoms with E-state index in [2.05, 4.69) is 10.3 Å². The third kappa shape index (κ3) is 2.45. The van der Waals surface area contributed by atoms with E-state index in [1.54, 1.807) is 6.92 Å². The van der Waals surface area contributed by atoms with Gasteiger partial charge in [-0.25, -0.2) is 4.98 Å². The molecule has 0 aromatic carbocycles. The normalized spacial score (nSPS) is 10.6. The first-order chi connectivity index (χ1) is 6.54. The number of amides is 1. The fraction of sp³-hybridized carbons (Fsp3) is 0.556. The summed E-state index contributed by atoms with van der Waals surface area (Å²) in [6.45, 7) is 5.85. The summed E-state index contributed by atoms with van der Waals surface area (Å²) in [5.41, 5.74) is 6.63. The van der Waals surface area contributed by atoms with Gasteiger partial charge in [-0.15, -0.1) is 0 Å². The first-order valence-corrected chi connectivity index (χ1v) is 5.42. The lowest BCUT2D eigenvalue weighted by molar-refractivity contribution is -0.115. The van der Waals surface area contributed by atoms with E-state index in [0.29, 0.717) is 22.5 Å². The van der Waals surface area contributed by atoms with E-state index in [9.17, 15) is 4.79 Å². The molecule has 0 bridgehead atoms. The molecular weight excluding hydrogens is 198 g/mol. The zero-order valence-corrected chi connectivity index (χ0v) is 9.44. The molecule has 0 atom stereocenters. The van der Waals surface area contributed by atoms with Crippen molar-refractivity contribution in [2.45, 2.75) is 33.1 Å². The van der Waals surface area contributed by atoms with Gasteiger partial charge in [0, 0.05) is 6.42 Å². The number of nitrogens with one attached hydrogen (secondary N) is 1. The fourth-order valence-corrected chi connectivity index (χ4v) is 1.92. The Morgan fingerprint density at radius 1 is 1.64 bits per heavy atom. The number of nitrogens with zero attached hydrogens (tertiary/aromatic N) is 1. The largest absolute Gasteiger partial charge is 0.389 e. The van der Waals surface area contributed by atoms with E-state index in [-0.39, 0.29) is 5.91 Å². The van der Waals surface area contributed by atoms with Crippen LogP contribution in [0.15, 0.2) is 0 Å². The Balaban J connectivity index is 2.81. The summed E-state index contributed by atoms with van der Waals surface area (Å²) in [5, 5.41) is 3.98. The molecule has 1 aromatic heterocycles. The van der Waals surface area contributed by atoms with Crippen LogP contribution in [0.25, 0.3) is 0 Å². The number of carbonyl (C=O) groups is 1. The molecule has 0 aliphatic heterocycles. The zero-order valence-electron chi connectivity index (χ0n) is 8.63. The maximum absolute atomic E-state index is 11.1. The van der Waals surface area contributed by atoms with Gasteiger partial charge in [0.2, 0.25) is 5.91 Å². The molecule has 14 heavy (non-hydrogen) atoms. The van der Waals surface area contributed by atoms with Crippen molar-refractivity contribution in [2.24, 2.45) is 0 Å². The Morgan fingerprint density at radius 3 is 2.71 bits per heavy atom. The van der Waals surface area contributed by atoms with Gasteiger partial charge in [0.1, 0.15) is 5.00 Å². The number of hydrogen-bond acceptors (Lipinski definition) is 4. The maximum atomic E-state index is 11.1. The van der Waals surface area contributed by atoms with Crippen molar-refractivity contribution in [1.82, 2.24) is 4.98 Å². The van der Waals surface area contributed by atoms with Crippen molar-refractivity contribution < 1.29 is 4.79 Å². The van der Waals surface area contributed by atoms with Crippen molar-refractivity contribution in [3.63, 3.8) is 0 Å². The Bertz CT molecular complexity index is 333. The minimum Gasteiger partial charge on any atom is -0.389 e. The number of thiazole rings is 1. The summed E-state index contributed by atoms with van der Waals surface area (Å²) in [6, 6.07) is 0. The van der Waals surface area contributed by atoms with Crippen LogP contribution >= 0.6 is 11.3 Å². The minimum absolute atomic E-state index is 0.0333. The molecule has 1 rings (SSSR count). The van der Waals surface area contributed by atoms with Gasteiger partial charge in [-0.2, -0.15) is 0 Å². The summed E-state index contributed by atoms with van der Waals surface area (Å²) in [5.74, 6) is 0.257. The van der Waals surface area contributed by atoms with Crippen LogP contribution in [0.3, 0.4) is 0 Å². The highest BCUT2D eigenvalue weighted by Crippen LogP contribution is 2.30. The van der Waals surface area contributed by atoms with E-state index in [0.717, 1.165) is 5.69 Å². The molecule has 1 heterocycles. The highest BCUT2D eigenvalue weighted by atomic mass is 32.1. The molecule has 78 valence electrons. The molecular formula is C9H15N3OS. The SMILES string of the molecule is CCC(=O)Nc1nc(C(C)C)c(N)s1. The third-order valence-electron chi connectivity index (χ3n) is 1.80. The van der Waals surface area contributed by atoms with Gasteiger partial charge in [-0.3, -0.25) is 4.79 Å². The maximum Gasteiger partial charge on any atom is 0.225 e. The Labute approximate surface area is 87.5 Å². The number of hydrogen-bond donors (Lipinski definition) is 2. The Hall–Kier alpha value is -1.10. The standard InChI is InChI=1S/C9H15N3OS/c1-4-6(13)11-9-12-7(5(2)3)8(10)14-9/h5H,4,10H2,1-3H3,(H,11,12,13). The second-order valence-corrected chi connectivity index (χ2v) is 4.36. The summed E-state index contributed by atoms with van der Waals surface area (Å²) >= 11 is 1.32. The van der Waals surface area contributed by atoms with Gasteiger partial charge in [0.05, 0.1) is 5.69 Å². The van der Waals surface area contributed by atoms with E-state index >= 15 is 0 Å². The van der Waals surface area contributed by atoms with Crippen LogP contribution in [-0.2, 0) is 4.79 Å². The van der Waals surface area contributed by atoms with E-state index in [1.807, 2.05) is 13.8 Å². The molecule has 0 aliphatic carbocycles. The first-order valence-electron chi connectivity index (χ1n) is 4.60. The molecule has 0 saturated heterocycles. The molecule has 0 fully saturated rings. The van der Waals surface area contributed by atoms with Crippen molar-refractivity contribution in [3.8, 4) is 0 Å². The van der Waals surface area contributed by atoms with Crippen LogP contribution in [0.1, 0.15) is 38.8 Å². The van der Waals surface area contributed by atoms with Crippen LogP contribution in [-0.4, -0.2) is 10.9 Å². The molecule has 0 radical (unpaired) electrons. The van der Waals surface area contributed by atoms with Crippen LogP contribution in [0.4, 0.5) is 10.1 Å². The lowest BCUT2D eigenvalue weighted by Crippen LogP contribution is -2.09. The number of aromatic nitrogens is 1. The van der Waals surface area contributed by atoms with Crippen molar-refractivity contribution in [1.29, 1.82) is 0 Å². The fourth-order valence-electron chi connectivity index (χ4n) is 1.02. The number of rotatable bonds is 3. The van der Waals surface area contributed by atoms with Gasteiger partial charge in [0.15, 0.2) is 5.13 Å². The third-order valence-corrected chi connectivity index (χ3v) is 2.61. The van der Waals surface area contributed by atoms with Gasteiger partial charge in [-0.05, 0) is 5.92 Å². The Morgan fingerprint density at radius 2 is 2.29 bits per heavy atom. The number of nitrogen functional groups attached to an aromatic ring is 1. The number of anilines is 2. The summed E-state index contributed by atoms with van der Waals surface area (Å²) in [6.07, 6.45) is 0.455. The molecule has 0 spiro atoms. The molecule has 3 N–H and O–H groups in total. The van der Waals surface area contributed by atoms with E-state index in [4.69, 9.17) is 5.73 Å². The topological polar surface area (TPSA) is 68.0 Å². The average Bonchev–Trinajstić information content (AvgIpc) is 2.46. The van der Waals surface area contributed by atoms with Gasteiger partial charge >= 0.3 is 0 Å². The van der Waals surface area contributed by atoms with Gasteiger partial charge < -0.3 is 11.1 Å². The van der Waals surface area contributed by atoms with Crippen LogP contribution in [0, 0.1) is 0 Å².